The van der Waals surface area contributed by atoms with Gasteiger partial charge in [0.05, 0.1) is 12.8 Å². The Morgan fingerprint density at radius 2 is 1.87 bits per heavy atom. The molecule has 1 amide bonds. The smallest absolute Gasteiger partial charge is 0.271 e. The van der Waals surface area contributed by atoms with Crippen molar-refractivity contribution in [2.45, 2.75) is 0 Å². The maximum atomic E-state index is 11.9. The number of nitrogens with one attached hydrogen (secondary N) is 1. The Labute approximate surface area is 140 Å². The van der Waals surface area contributed by atoms with Crippen LogP contribution in [-0.2, 0) is 0 Å². The van der Waals surface area contributed by atoms with E-state index in [9.17, 15) is 4.79 Å². The summed E-state index contributed by atoms with van der Waals surface area (Å²) in [5.74, 6) is -0.294. The summed E-state index contributed by atoms with van der Waals surface area (Å²) >= 11 is 5.78. The standard InChI is InChI=1S/C17H18ClN3O2/c1-21(10-11-22)16-8-2-13(3-9-16)12-19-20-17(23)14-4-6-15(18)7-5-14/h2-9,12,22H,10-11H2,1H3,(H,20,23)/b19-12-. The molecule has 0 aliphatic heterocycles. The number of aliphatic hydroxyl groups excluding tert-OH is 1. The predicted molar refractivity (Wildman–Crippen MR) is 93.3 cm³/mol. The number of halogens is 1. The minimum absolute atomic E-state index is 0.108. The fraction of sp³-hybridized carbons (Fsp3) is 0.176. The number of amides is 1. The van der Waals surface area contributed by atoms with Crippen molar-refractivity contribution in [3.63, 3.8) is 0 Å². The summed E-state index contributed by atoms with van der Waals surface area (Å²) in [7, 11) is 1.91. The Kier molecular flexibility index (Phi) is 6.14. The van der Waals surface area contributed by atoms with E-state index < -0.39 is 0 Å². The summed E-state index contributed by atoms with van der Waals surface area (Å²) < 4.78 is 0. The normalized spacial score (nSPS) is 10.7. The Morgan fingerprint density at radius 1 is 1.22 bits per heavy atom. The Hall–Kier alpha value is -2.37. The second-order valence-corrected chi connectivity index (χ2v) is 5.38. The molecule has 0 aromatic heterocycles. The zero-order valence-electron chi connectivity index (χ0n) is 12.7. The lowest BCUT2D eigenvalue weighted by Crippen LogP contribution is -2.20. The molecule has 6 heteroatoms. The van der Waals surface area contributed by atoms with Crippen LogP contribution in [0.2, 0.25) is 5.02 Å². The van der Waals surface area contributed by atoms with Gasteiger partial charge < -0.3 is 10.0 Å². The minimum atomic E-state index is -0.294. The van der Waals surface area contributed by atoms with E-state index >= 15 is 0 Å². The molecule has 0 aliphatic carbocycles. The van der Waals surface area contributed by atoms with Crippen LogP contribution in [0.1, 0.15) is 15.9 Å². The zero-order chi connectivity index (χ0) is 16.7. The molecule has 0 saturated heterocycles. The van der Waals surface area contributed by atoms with Crippen molar-refractivity contribution in [3.8, 4) is 0 Å². The number of aliphatic hydroxyl groups is 1. The molecule has 0 heterocycles. The fourth-order valence-electron chi connectivity index (χ4n) is 1.93. The number of nitrogens with zero attached hydrogens (tertiary/aromatic N) is 2. The molecule has 2 N–H and O–H groups in total. The Bertz CT molecular complexity index is 669. The first-order valence-electron chi connectivity index (χ1n) is 7.11. The van der Waals surface area contributed by atoms with Crippen molar-refractivity contribution in [3.05, 3.63) is 64.7 Å². The summed E-state index contributed by atoms with van der Waals surface area (Å²) in [5.41, 5.74) is 4.83. The molecule has 0 atom stereocenters. The van der Waals surface area contributed by atoms with E-state index in [-0.39, 0.29) is 12.5 Å². The van der Waals surface area contributed by atoms with Crippen LogP contribution in [0.25, 0.3) is 0 Å². The molecule has 2 aromatic carbocycles. The topological polar surface area (TPSA) is 64.9 Å². The maximum absolute atomic E-state index is 11.9. The average molecular weight is 332 g/mol. The van der Waals surface area contributed by atoms with E-state index in [1.54, 1.807) is 30.5 Å². The molecule has 120 valence electrons. The molecule has 0 aliphatic rings. The van der Waals surface area contributed by atoms with E-state index in [0.717, 1.165) is 11.3 Å². The third-order valence-electron chi connectivity index (χ3n) is 3.26. The molecule has 5 nitrogen and oxygen atoms in total. The minimum Gasteiger partial charge on any atom is -0.395 e. The summed E-state index contributed by atoms with van der Waals surface area (Å²) in [6.45, 7) is 0.682. The van der Waals surface area contributed by atoms with Crippen molar-refractivity contribution >= 4 is 29.4 Å². The number of hydrogen-bond acceptors (Lipinski definition) is 4. The van der Waals surface area contributed by atoms with E-state index in [1.165, 1.54) is 0 Å². The number of hydrogen-bond donors (Lipinski definition) is 2. The van der Waals surface area contributed by atoms with Crippen LogP contribution in [0, 0.1) is 0 Å². The molecular formula is C17H18ClN3O2. The predicted octanol–water partition coefficient (Wildman–Crippen LogP) is 2.53. The van der Waals surface area contributed by atoms with Gasteiger partial charge >= 0.3 is 0 Å². The highest BCUT2D eigenvalue weighted by molar-refractivity contribution is 6.30. The molecule has 0 fully saturated rings. The van der Waals surface area contributed by atoms with Crippen LogP contribution in [0.3, 0.4) is 0 Å². The highest BCUT2D eigenvalue weighted by atomic mass is 35.5. The second kappa shape index (κ2) is 8.31. The molecule has 0 saturated carbocycles. The first-order chi connectivity index (χ1) is 11.1. The van der Waals surface area contributed by atoms with Crippen LogP contribution >= 0.6 is 11.6 Å². The monoisotopic (exact) mass is 331 g/mol. The SMILES string of the molecule is CN(CCO)c1ccc(/C=N\NC(=O)c2ccc(Cl)cc2)cc1. The van der Waals surface area contributed by atoms with Crippen LogP contribution < -0.4 is 10.3 Å². The lowest BCUT2D eigenvalue weighted by Gasteiger charge is -2.17. The number of anilines is 1. The van der Waals surface area contributed by atoms with Crippen molar-refractivity contribution in [2.24, 2.45) is 5.10 Å². The lowest BCUT2D eigenvalue weighted by atomic mass is 10.2. The quantitative estimate of drug-likeness (QED) is 0.631. The van der Waals surface area contributed by atoms with Crippen molar-refractivity contribution in [1.29, 1.82) is 0 Å². The molecule has 2 rings (SSSR count). The van der Waals surface area contributed by atoms with Crippen LogP contribution in [-0.4, -0.2) is 37.4 Å². The molecule has 0 bridgehead atoms. The molecule has 23 heavy (non-hydrogen) atoms. The van der Waals surface area contributed by atoms with E-state index in [2.05, 4.69) is 10.5 Å². The zero-order valence-corrected chi connectivity index (χ0v) is 13.5. The number of likely N-dealkylation sites (N-methyl/N-ethyl adjacent to an activating group) is 1. The highest BCUT2D eigenvalue weighted by Gasteiger charge is 2.03. The number of carbonyl (C=O) groups excluding carboxylic acids is 1. The molecule has 0 spiro atoms. The van der Waals surface area contributed by atoms with E-state index in [0.29, 0.717) is 17.1 Å². The average Bonchev–Trinajstić information content (AvgIpc) is 2.56. The van der Waals surface area contributed by atoms with Gasteiger partial charge in [0, 0.05) is 29.9 Å². The van der Waals surface area contributed by atoms with Crippen molar-refractivity contribution in [1.82, 2.24) is 5.43 Å². The summed E-state index contributed by atoms with van der Waals surface area (Å²) in [5, 5.41) is 13.4. The van der Waals surface area contributed by atoms with Crippen molar-refractivity contribution in [2.75, 3.05) is 25.1 Å². The van der Waals surface area contributed by atoms with Gasteiger partial charge in [-0.05, 0) is 42.0 Å². The van der Waals surface area contributed by atoms with E-state index in [4.69, 9.17) is 16.7 Å². The Morgan fingerprint density at radius 3 is 2.48 bits per heavy atom. The number of carbonyl (C=O) groups is 1. The van der Waals surface area contributed by atoms with Gasteiger partial charge in [0.15, 0.2) is 0 Å². The molecule has 0 radical (unpaired) electrons. The number of benzene rings is 2. The van der Waals surface area contributed by atoms with Gasteiger partial charge in [-0.15, -0.1) is 0 Å². The van der Waals surface area contributed by atoms with Gasteiger partial charge in [-0.2, -0.15) is 5.10 Å². The summed E-state index contributed by atoms with van der Waals surface area (Å²) in [6, 6.07) is 14.2. The van der Waals surface area contributed by atoms with E-state index in [1.807, 2.05) is 36.2 Å². The van der Waals surface area contributed by atoms with Crippen molar-refractivity contribution < 1.29 is 9.90 Å². The van der Waals surface area contributed by atoms with Gasteiger partial charge in [0.2, 0.25) is 0 Å². The number of hydrazone groups is 1. The molecular weight excluding hydrogens is 314 g/mol. The summed E-state index contributed by atoms with van der Waals surface area (Å²) in [6.07, 6.45) is 1.57. The molecule has 2 aromatic rings. The largest absolute Gasteiger partial charge is 0.395 e. The third kappa shape index (κ3) is 5.09. The van der Waals surface area contributed by atoms with Gasteiger partial charge in [0.25, 0.3) is 5.91 Å². The first-order valence-corrected chi connectivity index (χ1v) is 7.49. The van der Waals surface area contributed by atoms with Gasteiger partial charge in [0.1, 0.15) is 0 Å². The lowest BCUT2D eigenvalue weighted by molar-refractivity contribution is 0.0955. The van der Waals surface area contributed by atoms with Gasteiger partial charge in [-0.3, -0.25) is 4.79 Å². The third-order valence-corrected chi connectivity index (χ3v) is 3.51. The maximum Gasteiger partial charge on any atom is 0.271 e. The first kappa shape index (κ1) is 17.0. The highest BCUT2D eigenvalue weighted by Crippen LogP contribution is 2.12. The van der Waals surface area contributed by atoms with Crippen LogP contribution in [0.15, 0.2) is 53.6 Å². The van der Waals surface area contributed by atoms with Crippen LogP contribution in [0.5, 0.6) is 0 Å². The number of rotatable bonds is 6. The second-order valence-electron chi connectivity index (χ2n) is 4.94. The van der Waals surface area contributed by atoms with Crippen LogP contribution in [0.4, 0.5) is 5.69 Å². The molecule has 0 unspecified atom stereocenters. The fourth-order valence-corrected chi connectivity index (χ4v) is 2.05. The van der Waals surface area contributed by atoms with Gasteiger partial charge in [-0.1, -0.05) is 23.7 Å². The Balaban J connectivity index is 1.92. The van der Waals surface area contributed by atoms with Gasteiger partial charge in [-0.25, -0.2) is 5.43 Å². The summed E-state index contributed by atoms with van der Waals surface area (Å²) in [4.78, 5) is 13.8.